The van der Waals surface area contributed by atoms with Gasteiger partial charge >= 0.3 is 0 Å². The topological polar surface area (TPSA) is 49.4 Å². The van der Waals surface area contributed by atoms with Gasteiger partial charge in [-0.05, 0) is 18.2 Å². The van der Waals surface area contributed by atoms with Crippen LogP contribution in [-0.2, 0) is 4.79 Å². The Labute approximate surface area is 110 Å². The van der Waals surface area contributed by atoms with E-state index in [0.717, 1.165) is 0 Å². The Bertz CT molecular complexity index is 550. The fraction of sp³-hybridized carbons (Fsp3) is 0.231. The number of nitrogens with one attached hydrogen (secondary N) is 1. The van der Waals surface area contributed by atoms with Crippen LogP contribution in [-0.4, -0.2) is 30.7 Å². The third-order valence-electron chi connectivity index (χ3n) is 2.56. The van der Waals surface area contributed by atoms with Crippen LogP contribution in [0.1, 0.15) is 16.8 Å². The van der Waals surface area contributed by atoms with E-state index >= 15 is 0 Å². The molecule has 0 aromatic heterocycles. The number of amides is 1. The smallest absolute Gasteiger partial charge is 0.229 e. The largest absolute Gasteiger partial charge is 0.383 e. The molecular weight excluding hydrogens is 252 g/mol. The van der Waals surface area contributed by atoms with Crippen molar-refractivity contribution in [2.75, 3.05) is 19.4 Å². The van der Waals surface area contributed by atoms with Gasteiger partial charge in [-0.25, -0.2) is 0 Å². The predicted molar refractivity (Wildman–Crippen MR) is 70.8 cm³/mol. The summed E-state index contributed by atoms with van der Waals surface area (Å²) in [6.45, 7) is 0. The van der Waals surface area contributed by atoms with E-state index in [1.54, 1.807) is 29.3 Å². The van der Waals surface area contributed by atoms with Crippen molar-refractivity contribution in [1.29, 1.82) is 0 Å². The highest BCUT2D eigenvalue weighted by Gasteiger charge is 2.24. The quantitative estimate of drug-likeness (QED) is 0.792. The zero-order valence-electron chi connectivity index (χ0n) is 10.2. The van der Waals surface area contributed by atoms with Crippen LogP contribution in [0.15, 0.2) is 30.0 Å². The van der Waals surface area contributed by atoms with E-state index in [1.807, 2.05) is 14.1 Å². The maximum Gasteiger partial charge on any atom is 0.229 e. The second-order valence-corrected chi connectivity index (χ2v) is 4.80. The van der Waals surface area contributed by atoms with Gasteiger partial charge in [0, 0.05) is 36.5 Å². The first-order valence-electron chi connectivity index (χ1n) is 5.48. The number of rotatable bonds is 1. The van der Waals surface area contributed by atoms with Crippen LogP contribution >= 0.6 is 11.6 Å². The third-order valence-corrected chi connectivity index (χ3v) is 2.79. The van der Waals surface area contributed by atoms with Crippen LogP contribution in [0.2, 0.25) is 5.02 Å². The van der Waals surface area contributed by atoms with E-state index < -0.39 is 0 Å². The molecule has 1 aliphatic rings. The average molecular weight is 265 g/mol. The second kappa shape index (κ2) is 4.82. The summed E-state index contributed by atoms with van der Waals surface area (Å²) in [6, 6.07) is 4.87. The summed E-state index contributed by atoms with van der Waals surface area (Å²) < 4.78 is 0. The second-order valence-electron chi connectivity index (χ2n) is 4.36. The number of fused-ring (bicyclic) bond motifs is 1. The Hall–Kier alpha value is -1.81. The molecule has 0 fully saturated rings. The number of halogens is 1. The molecule has 1 amide bonds. The van der Waals surface area contributed by atoms with Gasteiger partial charge in [-0.15, -0.1) is 0 Å². The fourth-order valence-electron chi connectivity index (χ4n) is 1.85. The number of nitrogens with zero attached hydrogens (tertiary/aromatic N) is 1. The summed E-state index contributed by atoms with van der Waals surface area (Å²) in [5.41, 5.74) is 1.40. The SMILES string of the molecule is CN(C)/C=C1/CC(=O)Nc2ccc(Cl)cc2C1=O. The van der Waals surface area contributed by atoms with Gasteiger partial charge in [0.15, 0.2) is 5.78 Å². The molecule has 5 heteroatoms. The number of ketones is 1. The average Bonchev–Trinajstić information content (AvgIpc) is 2.38. The number of carbonyl (C=O) groups is 2. The molecule has 4 nitrogen and oxygen atoms in total. The van der Waals surface area contributed by atoms with Crippen LogP contribution in [0.25, 0.3) is 0 Å². The number of anilines is 1. The van der Waals surface area contributed by atoms with Crippen molar-refractivity contribution in [2.24, 2.45) is 0 Å². The van der Waals surface area contributed by atoms with Gasteiger partial charge in [0.1, 0.15) is 0 Å². The zero-order valence-corrected chi connectivity index (χ0v) is 10.9. The normalized spacial score (nSPS) is 17.2. The Kier molecular flexibility index (Phi) is 3.39. The molecule has 0 aliphatic carbocycles. The summed E-state index contributed by atoms with van der Waals surface area (Å²) in [4.78, 5) is 25.8. The van der Waals surface area contributed by atoms with Gasteiger partial charge in [0.25, 0.3) is 0 Å². The van der Waals surface area contributed by atoms with E-state index in [1.165, 1.54) is 0 Å². The molecule has 1 heterocycles. The molecule has 2 rings (SSSR count). The molecule has 1 aromatic carbocycles. The number of hydrogen-bond donors (Lipinski definition) is 1. The molecule has 0 bridgehead atoms. The monoisotopic (exact) mass is 264 g/mol. The Morgan fingerprint density at radius 1 is 1.33 bits per heavy atom. The standard InChI is InChI=1S/C13H13ClN2O2/c1-16(2)7-8-5-12(17)15-11-4-3-9(14)6-10(11)13(8)18/h3-4,6-7H,5H2,1-2H3,(H,15,17)/b8-7-. The summed E-state index contributed by atoms with van der Waals surface area (Å²) in [5.74, 6) is -0.364. The van der Waals surface area contributed by atoms with Gasteiger partial charge in [-0.3, -0.25) is 9.59 Å². The lowest BCUT2D eigenvalue weighted by molar-refractivity contribution is -0.115. The van der Waals surface area contributed by atoms with E-state index in [4.69, 9.17) is 11.6 Å². The lowest BCUT2D eigenvalue weighted by Crippen LogP contribution is -2.12. The zero-order chi connectivity index (χ0) is 13.3. The number of Topliss-reactive ketones (excluding diaryl/α,β-unsaturated/α-hetero) is 1. The van der Waals surface area contributed by atoms with E-state index in [2.05, 4.69) is 5.32 Å². The molecule has 18 heavy (non-hydrogen) atoms. The summed E-state index contributed by atoms with van der Waals surface area (Å²) in [5, 5.41) is 3.18. The van der Waals surface area contributed by atoms with Crippen molar-refractivity contribution in [2.45, 2.75) is 6.42 Å². The molecular formula is C13H13ClN2O2. The van der Waals surface area contributed by atoms with E-state index in [9.17, 15) is 9.59 Å². The highest BCUT2D eigenvalue weighted by atomic mass is 35.5. The first-order valence-corrected chi connectivity index (χ1v) is 5.86. The van der Waals surface area contributed by atoms with Crippen molar-refractivity contribution >= 4 is 29.0 Å². The Morgan fingerprint density at radius 3 is 2.72 bits per heavy atom. The molecule has 0 saturated carbocycles. The number of benzene rings is 1. The van der Waals surface area contributed by atoms with Crippen molar-refractivity contribution < 1.29 is 9.59 Å². The van der Waals surface area contributed by atoms with Crippen molar-refractivity contribution in [3.8, 4) is 0 Å². The van der Waals surface area contributed by atoms with E-state index in [-0.39, 0.29) is 18.1 Å². The molecule has 0 spiro atoms. The lowest BCUT2D eigenvalue weighted by Gasteiger charge is -2.08. The summed E-state index contributed by atoms with van der Waals surface area (Å²) >= 11 is 5.89. The van der Waals surface area contributed by atoms with Crippen molar-refractivity contribution in [1.82, 2.24) is 4.90 Å². The first-order chi connectivity index (χ1) is 8.47. The number of hydrogen-bond acceptors (Lipinski definition) is 3. The van der Waals surface area contributed by atoms with Crippen LogP contribution in [0.5, 0.6) is 0 Å². The minimum atomic E-state index is -0.197. The van der Waals surface area contributed by atoms with Gasteiger partial charge < -0.3 is 10.2 Å². The molecule has 1 aromatic rings. The van der Waals surface area contributed by atoms with Gasteiger partial charge in [0.2, 0.25) is 5.91 Å². The van der Waals surface area contributed by atoms with Crippen molar-refractivity contribution in [3.05, 3.63) is 40.6 Å². The highest BCUT2D eigenvalue weighted by Crippen LogP contribution is 2.27. The first kappa shape index (κ1) is 12.6. The van der Waals surface area contributed by atoms with Crippen molar-refractivity contribution in [3.63, 3.8) is 0 Å². The van der Waals surface area contributed by atoms with Crippen LogP contribution in [0.3, 0.4) is 0 Å². The maximum absolute atomic E-state index is 12.3. The molecule has 0 atom stereocenters. The van der Waals surface area contributed by atoms with Crippen LogP contribution in [0, 0.1) is 0 Å². The maximum atomic E-state index is 12.3. The molecule has 0 unspecified atom stereocenters. The Morgan fingerprint density at radius 2 is 2.06 bits per heavy atom. The minimum absolute atomic E-state index is 0.0727. The molecule has 0 radical (unpaired) electrons. The third kappa shape index (κ3) is 2.54. The van der Waals surface area contributed by atoms with Gasteiger partial charge in [-0.1, -0.05) is 11.6 Å². The van der Waals surface area contributed by atoms with Crippen LogP contribution in [0.4, 0.5) is 5.69 Å². The lowest BCUT2D eigenvalue weighted by atomic mass is 10.0. The summed E-state index contributed by atoms with van der Waals surface area (Å²) in [7, 11) is 3.61. The Balaban J connectivity index is 2.54. The summed E-state index contributed by atoms with van der Waals surface area (Å²) in [6.07, 6.45) is 1.74. The van der Waals surface area contributed by atoms with Crippen LogP contribution < -0.4 is 5.32 Å². The van der Waals surface area contributed by atoms with E-state index in [0.29, 0.717) is 21.8 Å². The molecule has 1 N–H and O–H groups in total. The van der Waals surface area contributed by atoms with Gasteiger partial charge in [-0.2, -0.15) is 0 Å². The molecule has 1 aliphatic heterocycles. The molecule has 0 saturated heterocycles. The van der Waals surface area contributed by atoms with Gasteiger partial charge in [0.05, 0.1) is 12.1 Å². The molecule has 94 valence electrons. The fourth-order valence-corrected chi connectivity index (χ4v) is 2.02. The minimum Gasteiger partial charge on any atom is -0.383 e. The highest BCUT2D eigenvalue weighted by molar-refractivity contribution is 6.31. The predicted octanol–water partition coefficient (Wildman–Crippen LogP) is 2.31. The number of carbonyl (C=O) groups excluding carboxylic acids is 2.